The molecule has 2 rings (SSSR count). The number of amides is 1. The molecule has 0 fully saturated rings. The number of hydrogen-bond donors (Lipinski definition) is 1. The number of nitrogens with zero attached hydrogens (tertiary/aromatic N) is 2. The van der Waals surface area contributed by atoms with Crippen LogP contribution in [0.25, 0.3) is 0 Å². The van der Waals surface area contributed by atoms with Crippen molar-refractivity contribution in [2.45, 2.75) is 24.6 Å². The lowest BCUT2D eigenvalue weighted by atomic mass is 10.1. The van der Waals surface area contributed by atoms with Crippen LogP contribution >= 0.6 is 0 Å². The number of rotatable bonds is 5. The molecule has 4 nitrogen and oxygen atoms in total. The number of hydrogen-bond acceptors (Lipinski definition) is 2. The van der Waals surface area contributed by atoms with Crippen molar-refractivity contribution < 1.29 is 39.9 Å². The molecule has 0 aliphatic rings. The van der Waals surface area contributed by atoms with E-state index in [9.17, 15) is 39.9 Å². The van der Waals surface area contributed by atoms with Gasteiger partial charge < -0.3 is 5.32 Å². The Kier molecular flexibility index (Phi) is 4.97. The molecule has 0 atom stereocenters. The minimum atomic E-state index is -6.62. The number of nitrogens with one attached hydrogen (secondary N) is 1. The van der Waals surface area contributed by atoms with E-state index >= 15 is 0 Å². The van der Waals surface area contributed by atoms with Gasteiger partial charge in [-0.25, -0.2) is 4.39 Å². The predicted octanol–water partition coefficient (Wildman–Crippen LogP) is 3.84. The monoisotopic (exact) mass is 387 g/mol. The Bertz CT molecular complexity index is 782. The summed E-state index contributed by atoms with van der Waals surface area (Å²) < 4.78 is 102. The van der Waals surface area contributed by atoms with Crippen molar-refractivity contribution in [1.29, 1.82) is 0 Å². The summed E-state index contributed by atoms with van der Waals surface area (Å²) in [7, 11) is 0. The molecule has 0 bridgehead atoms. The average molecular weight is 387 g/mol. The van der Waals surface area contributed by atoms with Crippen molar-refractivity contribution in [3.63, 3.8) is 0 Å². The fraction of sp³-hybridized carbons (Fsp3) is 0.286. The van der Waals surface area contributed by atoms with E-state index in [2.05, 4.69) is 5.10 Å². The summed E-state index contributed by atoms with van der Waals surface area (Å²) in [6, 6.07) is 5.96. The van der Waals surface area contributed by atoms with E-state index in [0.29, 0.717) is 5.56 Å². The van der Waals surface area contributed by atoms with Crippen molar-refractivity contribution in [2.75, 3.05) is 5.32 Å². The van der Waals surface area contributed by atoms with Gasteiger partial charge in [0.2, 0.25) is 0 Å². The van der Waals surface area contributed by atoms with Crippen LogP contribution in [-0.4, -0.2) is 33.7 Å². The molecule has 26 heavy (non-hydrogen) atoms. The SMILES string of the molecule is O=C(Nc1ccn(Cc2ccc(F)cc2)n1)C(F)(F)C(F)(F)C(F)(F)F. The Labute approximate surface area is 140 Å². The number of carbonyl (C=O) groups excluding carboxylic acids is 1. The van der Waals surface area contributed by atoms with Crippen LogP contribution < -0.4 is 5.32 Å². The summed E-state index contributed by atoms with van der Waals surface area (Å²) in [6.07, 6.45) is -5.46. The first-order chi connectivity index (χ1) is 11.8. The Morgan fingerprint density at radius 2 is 1.58 bits per heavy atom. The van der Waals surface area contributed by atoms with Crippen molar-refractivity contribution in [1.82, 2.24) is 9.78 Å². The largest absolute Gasteiger partial charge is 0.460 e. The van der Waals surface area contributed by atoms with Gasteiger partial charge in [-0.3, -0.25) is 9.48 Å². The molecule has 1 aromatic carbocycles. The molecule has 1 amide bonds. The number of aromatic nitrogens is 2. The predicted molar refractivity (Wildman–Crippen MR) is 72.3 cm³/mol. The highest BCUT2D eigenvalue weighted by molar-refractivity contribution is 5.96. The van der Waals surface area contributed by atoms with Gasteiger partial charge in [0, 0.05) is 12.3 Å². The number of alkyl halides is 7. The van der Waals surface area contributed by atoms with Crippen LogP contribution in [0.2, 0.25) is 0 Å². The zero-order chi connectivity index (χ0) is 19.8. The van der Waals surface area contributed by atoms with Crippen LogP contribution in [0.1, 0.15) is 5.56 Å². The number of carbonyl (C=O) groups is 1. The van der Waals surface area contributed by atoms with Gasteiger partial charge in [0.1, 0.15) is 5.82 Å². The summed E-state index contributed by atoms with van der Waals surface area (Å²) in [5.74, 6) is -16.6. The van der Waals surface area contributed by atoms with Crippen LogP contribution in [0.4, 0.5) is 40.9 Å². The molecule has 0 aliphatic carbocycles. The maximum Gasteiger partial charge on any atom is 0.460 e. The zero-order valence-electron chi connectivity index (χ0n) is 12.5. The van der Waals surface area contributed by atoms with Crippen LogP contribution in [0.15, 0.2) is 36.5 Å². The Hall–Kier alpha value is -2.66. The molecule has 0 unspecified atom stereocenters. The van der Waals surface area contributed by atoms with Crippen molar-refractivity contribution in [3.05, 3.63) is 47.9 Å². The molecular formula is C14H9F8N3O. The lowest BCUT2D eigenvalue weighted by molar-refractivity contribution is -0.343. The van der Waals surface area contributed by atoms with Gasteiger partial charge in [0.15, 0.2) is 5.82 Å². The number of benzene rings is 1. The summed E-state index contributed by atoms with van der Waals surface area (Å²) in [5.41, 5.74) is 0.529. The van der Waals surface area contributed by atoms with Crippen LogP contribution in [0.5, 0.6) is 0 Å². The van der Waals surface area contributed by atoms with E-state index < -0.39 is 35.6 Å². The van der Waals surface area contributed by atoms with Crippen molar-refractivity contribution in [2.24, 2.45) is 0 Å². The minimum absolute atomic E-state index is 0.00521. The third-order valence-corrected chi connectivity index (χ3v) is 3.18. The van der Waals surface area contributed by atoms with Gasteiger partial charge in [-0.15, -0.1) is 0 Å². The lowest BCUT2D eigenvalue weighted by Crippen LogP contribution is -2.57. The molecule has 1 aromatic heterocycles. The Morgan fingerprint density at radius 1 is 1.00 bits per heavy atom. The number of anilines is 1. The first kappa shape index (κ1) is 19.7. The second-order valence-corrected chi connectivity index (χ2v) is 5.13. The first-order valence-electron chi connectivity index (χ1n) is 6.76. The van der Waals surface area contributed by atoms with E-state index in [4.69, 9.17) is 0 Å². The van der Waals surface area contributed by atoms with Crippen molar-refractivity contribution >= 4 is 11.7 Å². The molecule has 0 saturated heterocycles. The fourth-order valence-electron chi connectivity index (χ4n) is 1.81. The molecule has 0 saturated carbocycles. The highest BCUT2D eigenvalue weighted by atomic mass is 19.4. The van der Waals surface area contributed by atoms with E-state index in [0.717, 1.165) is 29.1 Å². The van der Waals surface area contributed by atoms with Gasteiger partial charge in [0.25, 0.3) is 0 Å². The summed E-state index contributed by atoms with van der Waals surface area (Å²) in [5, 5.41) is 4.77. The average Bonchev–Trinajstić information content (AvgIpc) is 2.95. The molecule has 0 spiro atoms. The van der Waals surface area contributed by atoms with Crippen LogP contribution in [0, 0.1) is 5.82 Å². The fourth-order valence-corrected chi connectivity index (χ4v) is 1.81. The summed E-state index contributed by atoms with van der Waals surface area (Å²) in [4.78, 5) is 11.2. The molecule has 1 heterocycles. The topological polar surface area (TPSA) is 46.9 Å². The lowest BCUT2D eigenvalue weighted by Gasteiger charge is -2.26. The minimum Gasteiger partial charge on any atom is -0.304 e. The quantitative estimate of drug-likeness (QED) is 0.793. The zero-order valence-corrected chi connectivity index (χ0v) is 12.5. The van der Waals surface area contributed by atoms with Gasteiger partial charge in [0.05, 0.1) is 6.54 Å². The van der Waals surface area contributed by atoms with E-state index in [1.54, 1.807) is 0 Å². The molecule has 0 radical (unpaired) electrons. The summed E-state index contributed by atoms with van der Waals surface area (Å²) in [6.45, 7) is 0.00521. The third-order valence-electron chi connectivity index (χ3n) is 3.18. The van der Waals surface area contributed by atoms with Gasteiger partial charge in [-0.1, -0.05) is 12.1 Å². The second kappa shape index (κ2) is 6.57. The standard InChI is InChI=1S/C14H9F8N3O/c15-9-3-1-8(2-4-9)7-25-6-5-10(24-25)23-11(26)12(16,17)13(18,19)14(20,21)22/h1-6H,7H2,(H,23,24,26). The van der Waals surface area contributed by atoms with E-state index in [-0.39, 0.29) is 6.54 Å². The van der Waals surface area contributed by atoms with Gasteiger partial charge >= 0.3 is 23.9 Å². The Balaban J connectivity index is 2.10. The summed E-state index contributed by atoms with van der Waals surface area (Å²) >= 11 is 0. The second-order valence-electron chi connectivity index (χ2n) is 5.13. The van der Waals surface area contributed by atoms with Crippen LogP contribution in [0.3, 0.4) is 0 Å². The maximum atomic E-state index is 13.2. The van der Waals surface area contributed by atoms with E-state index in [1.165, 1.54) is 17.4 Å². The van der Waals surface area contributed by atoms with E-state index in [1.807, 2.05) is 0 Å². The molecule has 142 valence electrons. The first-order valence-corrected chi connectivity index (χ1v) is 6.76. The van der Waals surface area contributed by atoms with Gasteiger partial charge in [-0.2, -0.15) is 35.8 Å². The van der Waals surface area contributed by atoms with Gasteiger partial charge in [-0.05, 0) is 17.7 Å². The molecule has 0 aliphatic heterocycles. The Morgan fingerprint density at radius 3 is 2.12 bits per heavy atom. The molecule has 1 N–H and O–H groups in total. The maximum absolute atomic E-state index is 13.2. The molecule has 2 aromatic rings. The normalized spacial score (nSPS) is 12.9. The smallest absolute Gasteiger partial charge is 0.304 e. The third kappa shape index (κ3) is 3.78. The van der Waals surface area contributed by atoms with Crippen LogP contribution in [-0.2, 0) is 11.3 Å². The van der Waals surface area contributed by atoms with Crippen molar-refractivity contribution in [3.8, 4) is 0 Å². The highest BCUT2D eigenvalue weighted by Crippen LogP contribution is 2.46. The molecular weight excluding hydrogens is 378 g/mol. The number of halogens is 8. The molecule has 12 heteroatoms. The highest BCUT2D eigenvalue weighted by Gasteiger charge is 2.76.